The highest BCUT2D eigenvalue weighted by atomic mass is 32.2. The average molecular weight is 339 g/mol. The number of fused-ring (bicyclic) bond motifs is 1. The minimum Gasteiger partial charge on any atom is -0.294 e. The van der Waals surface area contributed by atoms with Crippen LogP contribution in [-0.4, -0.2) is 30.1 Å². The highest BCUT2D eigenvalue weighted by Crippen LogP contribution is 2.19. The van der Waals surface area contributed by atoms with Crippen LogP contribution in [0.25, 0.3) is 5.65 Å². The van der Waals surface area contributed by atoms with E-state index >= 15 is 0 Å². The molecule has 5 nitrogen and oxygen atoms in total. The maximum atomic E-state index is 12.0. The van der Waals surface area contributed by atoms with Crippen LogP contribution in [0, 0.1) is 0 Å². The number of aromatic nitrogens is 2. The molecular weight excluding hydrogens is 326 g/mol. The van der Waals surface area contributed by atoms with Gasteiger partial charge in [0.1, 0.15) is 9.86 Å². The zero-order chi connectivity index (χ0) is 14.7. The van der Waals surface area contributed by atoms with Gasteiger partial charge in [-0.1, -0.05) is 12.1 Å². The van der Waals surface area contributed by atoms with E-state index in [-0.39, 0.29) is 0 Å². The summed E-state index contributed by atoms with van der Waals surface area (Å²) in [6, 6.07) is 9.21. The van der Waals surface area contributed by atoms with Crippen LogP contribution in [0.4, 0.5) is 0 Å². The Kier molecular flexibility index (Phi) is 4.29. The Balaban J connectivity index is 1.59. The number of sulfonamides is 1. The summed E-state index contributed by atoms with van der Waals surface area (Å²) < 4.78 is 28.8. The van der Waals surface area contributed by atoms with Crippen molar-refractivity contribution < 1.29 is 8.42 Å². The van der Waals surface area contributed by atoms with Crippen LogP contribution in [0.1, 0.15) is 0 Å². The smallest absolute Gasteiger partial charge is 0.250 e. The lowest BCUT2D eigenvalue weighted by atomic mass is 10.5. The van der Waals surface area contributed by atoms with Crippen LogP contribution in [0.5, 0.6) is 0 Å². The molecule has 3 heterocycles. The molecule has 3 aromatic rings. The van der Waals surface area contributed by atoms with Crippen LogP contribution in [0.2, 0.25) is 0 Å². The van der Waals surface area contributed by atoms with Crippen molar-refractivity contribution in [3.05, 3.63) is 48.1 Å². The summed E-state index contributed by atoms with van der Waals surface area (Å²) in [4.78, 5) is 4.22. The molecule has 8 heteroatoms. The van der Waals surface area contributed by atoms with E-state index in [1.54, 1.807) is 35.5 Å². The molecule has 21 heavy (non-hydrogen) atoms. The van der Waals surface area contributed by atoms with Gasteiger partial charge in [0, 0.05) is 24.7 Å². The summed E-state index contributed by atoms with van der Waals surface area (Å²) in [6.07, 6.45) is 3.65. The van der Waals surface area contributed by atoms with E-state index in [0.29, 0.717) is 16.5 Å². The van der Waals surface area contributed by atoms with Gasteiger partial charge in [-0.3, -0.25) is 4.40 Å². The van der Waals surface area contributed by atoms with Crippen molar-refractivity contribution in [2.24, 2.45) is 0 Å². The van der Waals surface area contributed by atoms with Gasteiger partial charge in [-0.2, -0.15) is 0 Å². The van der Waals surface area contributed by atoms with E-state index in [2.05, 4.69) is 9.71 Å². The van der Waals surface area contributed by atoms with Gasteiger partial charge in [-0.15, -0.1) is 23.1 Å². The van der Waals surface area contributed by atoms with E-state index in [1.165, 1.54) is 11.3 Å². The molecule has 0 radical (unpaired) electrons. The molecule has 1 N–H and O–H groups in total. The van der Waals surface area contributed by atoms with Gasteiger partial charge >= 0.3 is 0 Å². The second kappa shape index (κ2) is 6.18. The van der Waals surface area contributed by atoms with Gasteiger partial charge in [-0.25, -0.2) is 18.1 Å². The van der Waals surface area contributed by atoms with Crippen LogP contribution in [0.15, 0.2) is 57.3 Å². The lowest BCUT2D eigenvalue weighted by Crippen LogP contribution is -2.25. The van der Waals surface area contributed by atoms with Crippen molar-refractivity contribution in [2.45, 2.75) is 9.24 Å². The molecule has 0 unspecified atom stereocenters. The molecule has 3 aromatic heterocycles. The highest BCUT2D eigenvalue weighted by molar-refractivity contribution is 7.99. The molecule has 0 saturated heterocycles. The largest absolute Gasteiger partial charge is 0.294 e. The van der Waals surface area contributed by atoms with Crippen molar-refractivity contribution in [1.82, 2.24) is 14.1 Å². The first kappa shape index (κ1) is 14.6. The average Bonchev–Trinajstić information content (AvgIpc) is 3.14. The zero-order valence-electron chi connectivity index (χ0n) is 11.0. The lowest BCUT2D eigenvalue weighted by molar-refractivity contribution is 0.586. The van der Waals surface area contributed by atoms with Crippen molar-refractivity contribution in [3.63, 3.8) is 0 Å². The van der Waals surface area contributed by atoms with Gasteiger partial charge in [0.15, 0.2) is 0 Å². The van der Waals surface area contributed by atoms with Crippen LogP contribution < -0.4 is 4.72 Å². The molecule has 0 aliphatic heterocycles. The maximum Gasteiger partial charge on any atom is 0.250 e. The minimum absolute atomic E-state index is 0.351. The number of nitrogens with zero attached hydrogens (tertiary/aromatic N) is 2. The second-order valence-corrected chi connectivity index (χ2v) is 8.25. The Morgan fingerprint density at radius 3 is 3.00 bits per heavy atom. The molecule has 110 valence electrons. The van der Waals surface area contributed by atoms with E-state index < -0.39 is 10.0 Å². The third kappa shape index (κ3) is 3.29. The molecule has 0 atom stereocenters. The number of pyridine rings is 1. The molecule has 0 aliphatic rings. The molecule has 0 bridgehead atoms. The van der Waals surface area contributed by atoms with Gasteiger partial charge < -0.3 is 0 Å². The molecular formula is C13H13N3O2S3. The summed E-state index contributed by atoms with van der Waals surface area (Å²) in [6.45, 7) is 0.385. The molecule has 0 amide bonds. The molecule has 0 saturated carbocycles. The van der Waals surface area contributed by atoms with E-state index in [4.69, 9.17) is 0 Å². The number of thiophene rings is 1. The molecule has 0 fully saturated rings. The lowest BCUT2D eigenvalue weighted by Gasteiger charge is -2.06. The third-order valence-corrected chi connectivity index (χ3v) is 6.69. The van der Waals surface area contributed by atoms with Crippen molar-refractivity contribution in [3.8, 4) is 0 Å². The normalized spacial score (nSPS) is 12.0. The first-order valence-corrected chi connectivity index (χ1v) is 9.60. The summed E-state index contributed by atoms with van der Waals surface area (Å²) in [5.41, 5.74) is 0.888. The highest BCUT2D eigenvalue weighted by Gasteiger charge is 2.13. The van der Waals surface area contributed by atoms with Gasteiger partial charge in [0.25, 0.3) is 0 Å². The zero-order valence-corrected chi connectivity index (χ0v) is 13.4. The Hall–Kier alpha value is -1.35. The summed E-state index contributed by atoms with van der Waals surface area (Å²) in [5, 5.41) is 2.79. The van der Waals surface area contributed by atoms with Crippen LogP contribution in [-0.2, 0) is 10.0 Å². The maximum absolute atomic E-state index is 12.0. The predicted octanol–water partition coefficient (Wildman–Crippen LogP) is 2.47. The summed E-state index contributed by atoms with van der Waals surface area (Å²) in [7, 11) is -3.37. The Bertz CT molecular complexity index is 825. The molecule has 0 spiro atoms. The van der Waals surface area contributed by atoms with Gasteiger partial charge in [0.05, 0.1) is 5.03 Å². The quantitative estimate of drug-likeness (QED) is 0.553. The first-order valence-electron chi connectivity index (χ1n) is 6.25. The molecule has 3 rings (SSSR count). The number of imidazole rings is 1. The van der Waals surface area contributed by atoms with Gasteiger partial charge in [0.2, 0.25) is 10.0 Å². The standard InChI is InChI=1S/C13H13N3O2S3/c17-21(18,13-5-2-9-20-13)15-7-10-19-12-4-1-3-11-14-6-8-16(11)12/h1-6,8-9,15H,7,10H2. The number of thioether (sulfide) groups is 1. The molecule has 0 aromatic carbocycles. The Morgan fingerprint density at radius 2 is 2.19 bits per heavy atom. The fourth-order valence-corrected chi connectivity index (χ4v) is 4.94. The molecule has 0 aliphatic carbocycles. The number of rotatable bonds is 6. The number of nitrogens with one attached hydrogen (secondary N) is 1. The van der Waals surface area contributed by atoms with Crippen LogP contribution in [0.3, 0.4) is 0 Å². The van der Waals surface area contributed by atoms with E-state index in [9.17, 15) is 8.42 Å². The Morgan fingerprint density at radius 1 is 1.29 bits per heavy atom. The number of hydrogen-bond acceptors (Lipinski definition) is 5. The monoisotopic (exact) mass is 339 g/mol. The minimum atomic E-state index is -3.37. The van der Waals surface area contributed by atoms with Gasteiger partial charge in [-0.05, 0) is 23.6 Å². The second-order valence-electron chi connectivity index (χ2n) is 4.20. The van der Waals surface area contributed by atoms with Crippen molar-refractivity contribution >= 4 is 38.8 Å². The van der Waals surface area contributed by atoms with Crippen molar-refractivity contribution in [2.75, 3.05) is 12.3 Å². The fraction of sp³-hybridized carbons (Fsp3) is 0.154. The van der Waals surface area contributed by atoms with Crippen molar-refractivity contribution in [1.29, 1.82) is 0 Å². The summed E-state index contributed by atoms with van der Waals surface area (Å²) >= 11 is 2.81. The topological polar surface area (TPSA) is 63.5 Å². The number of hydrogen-bond donors (Lipinski definition) is 1. The fourth-order valence-electron chi connectivity index (χ4n) is 1.86. The SMILES string of the molecule is O=S(=O)(NCCSc1cccc2nccn12)c1cccs1. The Labute approximate surface area is 131 Å². The summed E-state index contributed by atoms with van der Waals surface area (Å²) in [5.74, 6) is 0.655. The van der Waals surface area contributed by atoms with Crippen LogP contribution >= 0.6 is 23.1 Å². The predicted molar refractivity (Wildman–Crippen MR) is 85.4 cm³/mol. The first-order chi connectivity index (χ1) is 10.2. The third-order valence-electron chi connectivity index (χ3n) is 2.79. The van der Waals surface area contributed by atoms with E-state index in [1.807, 2.05) is 28.8 Å². The van der Waals surface area contributed by atoms with E-state index in [0.717, 1.165) is 10.7 Å².